The minimum absolute atomic E-state index is 0.172. The molecule has 0 fully saturated rings. The molecular formula is C15H22FN3O2. The van der Waals surface area contributed by atoms with E-state index in [1.165, 1.54) is 18.2 Å². The van der Waals surface area contributed by atoms with E-state index in [9.17, 15) is 14.0 Å². The van der Waals surface area contributed by atoms with E-state index in [2.05, 4.69) is 10.6 Å². The van der Waals surface area contributed by atoms with Crippen LogP contribution in [0.4, 0.5) is 15.8 Å². The molecule has 0 bridgehead atoms. The van der Waals surface area contributed by atoms with Crippen LogP contribution in [0.2, 0.25) is 0 Å². The van der Waals surface area contributed by atoms with Gasteiger partial charge in [0.15, 0.2) is 0 Å². The lowest BCUT2D eigenvalue weighted by molar-refractivity contribution is -0.117. The Kier molecular flexibility index (Phi) is 6.81. The minimum Gasteiger partial charge on any atom is -0.330 e. The third-order valence-electron chi connectivity index (χ3n) is 2.73. The second-order valence-corrected chi connectivity index (χ2v) is 5.28. The number of anilines is 2. The fourth-order valence-electron chi connectivity index (χ4n) is 1.78. The van der Waals surface area contributed by atoms with Gasteiger partial charge in [0.05, 0.1) is 11.4 Å². The predicted molar refractivity (Wildman–Crippen MR) is 81.4 cm³/mol. The molecular weight excluding hydrogens is 273 g/mol. The van der Waals surface area contributed by atoms with E-state index in [0.29, 0.717) is 25.1 Å². The summed E-state index contributed by atoms with van der Waals surface area (Å²) in [5.74, 6) is -0.696. The van der Waals surface area contributed by atoms with E-state index in [-0.39, 0.29) is 29.8 Å². The molecule has 1 aromatic rings. The SMILES string of the molecule is CC(C)CC(=O)Nc1ccc(F)cc1NC(=O)CCCN. The molecule has 0 aromatic heterocycles. The summed E-state index contributed by atoms with van der Waals surface area (Å²) in [6, 6.07) is 3.86. The van der Waals surface area contributed by atoms with Gasteiger partial charge in [-0.15, -0.1) is 0 Å². The summed E-state index contributed by atoms with van der Waals surface area (Å²) in [7, 11) is 0. The van der Waals surface area contributed by atoms with Gasteiger partial charge in [0.1, 0.15) is 5.82 Å². The van der Waals surface area contributed by atoms with Crippen molar-refractivity contribution in [1.82, 2.24) is 0 Å². The fraction of sp³-hybridized carbons (Fsp3) is 0.467. The molecule has 4 N–H and O–H groups in total. The van der Waals surface area contributed by atoms with Crippen molar-refractivity contribution in [3.63, 3.8) is 0 Å². The van der Waals surface area contributed by atoms with E-state index in [4.69, 9.17) is 5.73 Å². The number of halogens is 1. The number of hydrogen-bond acceptors (Lipinski definition) is 3. The number of benzene rings is 1. The third-order valence-corrected chi connectivity index (χ3v) is 2.73. The average Bonchev–Trinajstić information content (AvgIpc) is 2.38. The highest BCUT2D eigenvalue weighted by Crippen LogP contribution is 2.23. The van der Waals surface area contributed by atoms with Crippen molar-refractivity contribution in [2.45, 2.75) is 33.1 Å². The summed E-state index contributed by atoms with van der Waals surface area (Å²) in [5, 5.41) is 5.28. The van der Waals surface area contributed by atoms with Gasteiger partial charge in [0.2, 0.25) is 11.8 Å². The number of hydrogen-bond donors (Lipinski definition) is 3. The van der Waals surface area contributed by atoms with Crippen molar-refractivity contribution in [3.8, 4) is 0 Å². The number of rotatable bonds is 7. The maximum absolute atomic E-state index is 13.3. The molecule has 0 saturated heterocycles. The summed E-state index contributed by atoms with van der Waals surface area (Å²) in [4.78, 5) is 23.5. The Morgan fingerprint density at radius 3 is 2.48 bits per heavy atom. The molecule has 0 aliphatic heterocycles. The standard InChI is InChI=1S/C15H22FN3O2/c1-10(2)8-15(21)18-12-6-5-11(16)9-13(12)19-14(20)4-3-7-17/h5-6,9-10H,3-4,7-8,17H2,1-2H3,(H,18,21)(H,19,20). The Morgan fingerprint density at radius 1 is 1.19 bits per heavy atom. The molecule has 0 radical (unpaired) electrons. The molecule has 21 heavy (non-hydrogen) atoms. The van der Waals surface area contributed by atoms with Gasteiger partial charge < -0.3 is 16.4 Å². The number of amides is 2. The smallest absolute Gasteiger partial charge is 0.224 e. The molecule has 1 rings (SSSR count). The van der Waals surface area contributed by atoms with Gasteiger partial charge in [0, 0.05) is 12.8 Å². The van der Waals surface area contributed by atoms with Gasteiger partial charge in [-0.25, -0.2) is 4.39 Å². The van der Waals surface area contributed by atoms with Crippen molar-refractivity contribution in [2.75, 3.05) is 17.2 Å². The van der Waals surface area contributed by atoms with Crippen LogP contribution in [-0.4, -0.2) is 18.4 Å². The first-order valence-electron chi connectivity index (χ1n) is 7.01. The quantitative estimate of drug-likeness (QED) is 0.722. The third kappa shape index (κ3) is 6.35. The van der Waals surface area contributed by atoms with Crippen molar-refractivity contribution in [1.29, 1.82) is 0 Å². The van der Waals surface area contributed by atoms with Crippen LogP contribution in [0.1, 0.15) is 33.1 Å². The Labute approximate surface area is 124 Å². The molecule has 6 heteroatoms. The second-order valence-electron chi connectivity index (χ2n) is 5.28. The highest BCUT2D eigenvalue weighted by molar-refractivity contribution is 5.99. The summed E-state index contributed by atoms with van der Waals surface area (Å²) in [6.45, 7) is 4.27. The fourth-order valence-corrected chi connectivity index (χ4v) is 1.78. The molecule has 0 spiro atoms. The monoisotopic (exact) mass is 295 g/mol. The van der Waals surface area contributed by atoms with Gasteiger partial charge >= 0.3 is 0 Å². The summed E-state index contributed by atoms with van der Waals surface area (Å²) < 4.78 is 13.3. The zero-order valence-electron chi connectivity index (χ0n) is 12.4. The van der Waals surface area contributed by atoms with Crippen LogP contribution in [0.5, 0.6) is 0 Å². The molecule has 0 aliphatic rings. The van der Waals surface area contributed by atoms with Gasteiger partial charge in [-0.3, -0.25) is 9.59 Å². The van der Waals surface area contributed by atoms with E-state index in [1.54, 1.807) is 0 Å². The van der Waals surface area contributed by atoms with E-state index in [1.807, 2.05) is 13.8 Å². The van der Waals surface area contributed by atoms with Crippen molar-refractivity contribution in [2.24, 2.45) is 11.7 Å². The molecule has 0 aliphatic carbocycles. The first-order chi connectivity index (χ1) is 9.92. The van der Waals surface area contributed by atoms with Gasteiger partial charge in [-0.2, -0.15) is 0 Å². The maximum atomic E-state index is 13.3. The number of carbonyl (C=O) groups excluding carboxylic acids is 2. The lowest BCUT2D eigenvalue weighted by Gasteiger charge is -2.13. The summed E-state index contributed by atoms with van der Waals surface area (Å²) in [5.41, 5.74) is 5.99. The Hall–Kier alpha value is -1.95. The number of nitrogens with one attached hydrogen (secondary N) is 2. The lowest BCUT2D eigenvalue weighted by Crippen LogP contribution is -2.18. The van der Waals surface area contributed by atoms with Crippen molar-refractivity contribution in [3.05, 3.63) is 24.0 Å². The molecule has 0 unspecified atom stereocenters. The van der Waals surface area contributed by atoms with Crippen LogP contribution in [-0.2, 0) is 9.59 Å². The van der Waals surface area contributed by atoms with Crippen LogP contribution in [0.15, 0.2) is 18.2 Å². The Bertz CT molecular complexity index is 504. The highest BCUT2D eigenvalue weighted by atomic mass is 19.1. The van der Waals surface area contributed by atoms with Gasteiger partial charge in [0.25, 0.3) is 0 Å². The normalized spacial score (nSPS) is 10.5. The molecule has 0 atom stereocenters. The first kappa shape index (κ1) is 17.1. The first-order valence-corrected chi connectivity index (χ1v) is 7.01. The van der Waals surface area contributed by atoms with E-state index < -0.39 is 5.82 Å². The van der Waals surface area contributed by atoms with Crippen LogP contribution in [0, 0.1) is 11.7 Å². The molecule has 5 nitrogen and oxygen atoms in total. The number of carbonyl (C=O) groups is 2. The molecule has 1 aromatic carbocycles. The topological polar surface area (TPSA) is 84.2 Å². The molecule has 0 heterocycles. The molecule has 0 saturated carbocycles. The maximum Gasteiger partial charge on any atom is 0.224 e. The predicted octanol–water partition coefficient (Wildman–Crippen LogP) is 2.49. The second kappa shape index (κ2) is 8.36. The highest BCUT2D eigenvalue weighted by Gasteiger charge is 2.11. The van der Waals surface area contributed by atoms with Crippen LogP contribution in [0.25, 0.3) is 0 Å². The lowest BCUT2D eigenvalue weighted by atomic mass is 10.1. The Morgan fingerprint density at radius 2 is 1.86 bits per heavy atom. The van der Waals surface area contributed by atoms with Gasteiger partial charge in [-0.05, 0) is 37.1 Å². The summed E-state index contributed by atoms with van der Waals surface area (Å²) in [6.07, 6.45) is 1.17. The molecule has 2 amide bonds. The minimum atomic E-state index is -0.481. The van der Waals surface area contributed by atoms with E-state index >= 15 is 0 Å². The largest absolute Gasteiger partial charge is 0.330 e. The van der Waals surface area contributed by atoms with Crippen molar-refractivity contribution < 1.29 is 14.0 Å². The zero-order chi connectivity index (χ0) is 15.8. The molecule has 116 valence electrons. The van der Waals surface area contributed by atoms with Crippen LogP contribution < -0.4 is 16.4 Å². The summed E-state index contributed by atoms with van der Waals surface area (Å²) >= 11 is 0. The number of nitrogens with two attached hydrogens (primary N) is 1. The van der Waals surface area contributed by atoms with Crippen molar-refractivity contribution >= 4 is 23.2 Å². The Balaban J connectivity index is 2.79. The van der Waals surface area contributed by atoms with Crippen LogP contribution in [0.3, 0.4) is 0 Å². The van der Waals surface area contributed by atoms with Crippen LogP contribution >= 0.6 is 0 Å². The average molecular weight is 295 g/mol. The zero-order valence-corrected chi connectivity index (χ0v) is 12.4. The van der Waals surface area contributed by atoms with E-state index in [0.717, 1.165) is 0 Å². The van der Waals surface area contributed by atoms with Gasteiger partial charge in [-0.1, -0.05) is 13.8 Å².